The van der Waals surface area contributed by atoms with E-state index in [2.05, 4.69) is 34.3 Å². The summed E-state index contributed by atoms with van der Waals surface area (Å²) in [6.07, 6.45) is 16.5. The van der Waals surface area contributed by atoms with Crippen LogP contribution in [0.15, 0.2) is 35.8 Å². The van der Waals surface area contributed by atoms with E-state index in [1.165, 1.54) is 70.8 Å². The minimum absolute atomic E-state index is 0.618. The van der Waals surface area contributed by atoms with E-state index >= 15 is 0 Å². The van der Waals surface area contributed by atoms with Gasteiger partial charge in [0.15, 0.2) is 0 Å². The molecule has 0 heterocycles. The maximum atomic E-state index is 6.14. The van der Waals surface area contributed by atoms with Crippen LogP contribution in [0.1, 0.15) is 94.6 Å². The maximum absolute atomic E-state index is 6.14. The molecule has 1 aliphatic carbocycles. The van der Waals surface area contributed by atoms with Gasteiger partial charge < -0.3 is 22.1 Å². The lowest BCUT2D eigenvalue weighted by Gasteiger charge is -2.22. The molecule has 1 fully saturated rings. The average Bonchev–Trinajstić information content (AvgIpc) is 2.83. The van der Waals surface area contributed by atoms with Gasteiger partial charge in [-0.2, -0.15) is 0 Å². The zero-order chi connectivity index (χ0) is 22.9. The molecule has 32 heavy (non-hydrogen) atoms. The van der Waals surface area contributed by atoms with Gasteiger partial charge in [0, 0.05) is 30.4 Å². The van der Waals surface area contributed by atoms with Crippen molar-refractivity contribution in [2.45, 2.75) is 89.5 Å². The molecule has 180 valence electrons. The molecule has 0 amide bonds. The van der Waals surface area contributed by atoms with Gasteiger partial charge in [-0.25, -0.2) is 0 Å². The lowest BCUT2D eigenvalue weighted by molar-refractivity contribution is 0.370. The summed E-state index contributed by atoms with van der Waals surface area (Å²) in [4.78, 5) is 4.50. The Bertz CT molecular complexity index is 647. The van der Waals surface area contributed by atoms with Gasteiger partial charge in [-0.05, 0) is 57.2 Å². The minimum Gasteiger partial charge on any atom is -0.385 e. The standard InChI is InChI=1S/C27H47N5/c1-23(30-20-10-4-5-11-21-31-26-13-7-6-8-14-26)24-15-17-25(18-16-24)27(29)32-22-12-3-2-9-19-28/h15-18,26,30-31H,1-14,19-22,28H2,(H2,29,32). The molecule has 6 N–H and O–H groups in total. The molecule has 0 unspecified atom stereocenters. The highest BCUT2D eigenvalue weighted by molar-refractivity contribution is 5.97. The molecule has 0 aliphatic heterocycles. The molecule has 5 heteroatoms. The molecular formula is C27H47N5. The Morgan fingerprint density at radius 2 is 1.47 bits per heavy atom. The Labute approximate surface area is 196 Å². The van der Waals surface area contributed by atoms with E-state index in [1.807, 2.05) is 12.1 Å². The molecule has 1 aromatic carbocycles. The number of hydrogen-bond acceptors (Lipinski definition) is 4. The lowest BCUT2D eigenvalue weighted by Crippen LogP contribution is -2.31. The molecule has 1 aromatic rings. The maximum Gasteiger partial charge on any atom is 0.125 e. The van der Waals surface area contributed by atoms with E-state index in [4.69, 9.17) is 11.5 Å². The van der Waals surface area contributed by atoms with Crippen LogP contribution in [0.3, 0.4) is 0 Å². The highest BCUT2D eigenvalue weighted by Gasteiger charge is 2.11. The Hall–Kier alpha value is -1.85. The van der Waals surface area contributed by atoms with Crippen molar-refractivity contribution in [3.63, 3.8) is 0 Å². The second-order valence-corrected chi connectivity index (χ2v) is 9.16. The summed E-state index contributed by atoms with van der Waals surface area (Å²) in [5.74, 6) is 0.618. The summed E-state index contributed by atoms with van der Waals surface area (Å²) in [5.41, 5.74) is 14.7. The average molecular weight is 442 g/mol. The third kappa shape index (κ3) is 11.1. The van der Waals surface area contributed by atoms with Gasteiger partial charge in [0.25, 0.3) is 0 Å². The van der Waals surface area contributed by atoms with Crippen LogP contribution < -0.4 is 22.1 Å². The van der Waals surface area contributed by atoms with E-state index < -0.39 is 0 Å². The zero-order valence-electron chi connectivity index (χ0n) is 20.2. The Kier molecular flexibility index (Phi) is 13.8. The van der Waals surface area contributed by atoms with Crippen molar-refractivity contribution in [1.29, 1.82) is 0 Å². The number of benzene rings is 1. The van der Waals surface area contributed by atoms with Crippen LogP contribution >= 0.6 is 0 Å². The van der Waals surface area contributed by atoms with Gasteiger partial charge in [-0.3, -0.25) is 4.99 Å². The third-order valence-electron chi connectivity index (χ3n) is 6.40. The van der Waals surface area contributed by atoms with Crippen molar-refractivity contribution in [1.82, 2.24) is 10.6 Å². The van der Waals surface area contributed by atoms with Crippen LogP contribution in [0.25, 0.3) is 5.70 Å². The summed E-state index contributed by atoms with van der Waals surface area (Å²) in [6, 6.07) is 9.01. The van der Waals surface area contributed by atoms with Crippen LogP contribution in [0.5, 0.6) is 0 Å². The zero-order valence-corrected chi connectivity index (χ0v) is 20.2. The largest absolute Gasteiger partial charge is 0.385 e. The Morgan fingerprint density at radius 3 is 2.19 bits per heavy atom. The van der Waals surface area contributed by atoms with E-state index in [1.54, 1.807) is 0 Å². The summed E-state index contributed by atoms with van der Waals surface area (Å²) in [5, 5.41) is 7.20. The quantitative estimate of drug-likeness (QED) is 0.156. The number of unbranched alkanes of at least 4 members (excludes halogenated alkanes) is 6. The number of hydrogen-bond donors (Lipinski definition) is 4. The number of amidine groups is 1. The number of nitrogens with zero attached hydrogens (tertiary/aromatic N) is 1. The molecule has 0 atom stereocenters. The summed E-state index contributed by atoms with van der Waals surface area (Å²) < 4.78 is 0. The second kappa shape index (κ2) is 16.7. The molecule has 0 radical (unpaired) electrons. The normalized spacial score (nSPS) is 15.1. The monoisotopic (exact) mass is 441 g/mol. The Balaban J connectivity index is 1.54. The smallest absolute Gasteiger partial charge is 0.125 e. The van der Waals surface area contributed by atoms with Crippen molar-refractivity contribution in [3.05, 3.63) is 42.0 Å². The predicted octanol–water partition coefficient (Wildman–Crippen LogP) is 4.95. The first kappa shape index (κ1) is 26.4. The molecule has 0 aromatic heterocycles. The van der Waals surface area contributed by atoms with Gasteiger partial charge in [-0.15, -0.1) is 0 Å². The van der Waals surface area contributed by atoms with E-state index in [0.717, 1.165) is 61.8 Å². The van der Waals surface area contributed by atoms with Crippen molar-refractivity contribution in [3.8, 4) is 0 Å². The first-order valence-corrected chi connectivity index (χ1v) is 13.0. The molecule has 0 bridgehead atoms. The van der Waals surface area contributed by atoms with Crippen LogP contribution in [0.4, 0.5) is 0 Å². The van der Waals surface area contributed by atoms with Gasteiger partial charge in [0.2, 0.25) is 0 Å². The van der Waals surface area contributed by atoms with Crippen LogP contribution in [-0.4, -0.2) is 38.1 Å². The lowest BCUT2D eigenvalue weighted by atomic mass is 9.95. The molecule has 0 saturated heterocycles. The summed E-state index contributed by atoms with van der Waals surface area (Å²) in [7, 11) is 0. The first-order valence-electron chi connectivity index (χ1n) is 13.0. The summed E-state index contributed by atoms with van der Waals surface area (Å²) >= 11 is 0. The predicted molar refractivity (Wildman–Crippen MR) is 140 cm³/mol. The van der Waals surface area contributed by atoms with Crippen molar-refractivity contribution >= 4 is 11.5 Å². The summed E-state index contributed by atoms with van der Waals surface area (Å²) in [6.45, 7) is 7.90. The highest BCUT2D eigenvalue weighted by Crippen LogP contribution is 2.17. The van der Waals surface area contributed by atoms with Crippen LogP contribution in [0, 0.1) is 0 Å². The molecular weight excluding hydrogens is 394 g/mol. The molecule has 1 aliphatic rings. The van der Waals surface area contributed by atoms with Gasteiger partial charge in [0.1, 0.15) is 5.84 Å². The number of aliphatic imine (C=N–C) groups is 1. The van der Waals surface area contributed by atoms with E-state index in [0.29, 0.717) is 5.84 Å². The fourth-order valence-corrected chi connectivity index (χ4v) is 4.30. The SMILES string of the molecule is C=C(NCCCCCCNC1CCCCC1)c1ccc(C(N)=NCCCCCCN)cc1. The van der Waals surface area contributed by atoms with Gasteiger partial charge in [0.05, 0.1) is 0 Å². The Morgan fingerprint density at radius 1 is 0.844 bits per heavy atom. The van der Waals surface area contributed by atoms with Crippen molar-refractivity contribution < 1.29 is 0 Å². The number of nitrogens with one attached hydrogen (secondary N) is 2. The molecule has 0 spiro atoms. The first-order chi connectivity index (χ1) is 15.7. The fourth-order valence-electron chi connectivity index (χ4n) is 4.30. The fraction of sp³-hybridized carbons (Fsp3) is 0.667. The molecule has 2 rings (SSSR count). The molecule has 5 nitrogen and oxygen atoms in total. The van der Waals surface area contributed by atoms with Gasteiger partial charge >= 0.3 is 0 Å². The number of nitrogens with two attached hydrogens (primary N) is 2. The van der Waals surface area contributed by atoms with E-state index in [9.17, 15) is 0 Å². The minimum atomic E-state index is 0.618. The van der Waals surface area contributed by atoms with Crippen LogP contribution in [-0.2, 0) is 0 Å². The second-order valence-electron chi connectivity index (χ2n) is 9.16. The van der Waals surface area contributed by atoms with E-state index in [-0.39, 0.29) is 0 Å². The number of rotatable bonds is 17. The van der Waals surface area contributed by atoms with Crippen molar-refractivity contribution in [2.75, 3.05) is 26.2 Å². The molecule has 1 saturated carbocycles. The van der Waals surface area contributed by atoms with Gasteiger partial charge in [-0.1, -0.05) is 75.8 Å². The highest BCUT2D eigenvalue weighted by atomic mass is 14.9. The van der Waals surface area contributed by atoms with Crippen LogP contribution in [0.2, 0.25) is 0 Å². The van der Waals surface area contributed by atoms with Crippen molar-refractivity contribution in [2.24, 2.45) is 16.5 Å². The third-order valence-corrected chi connectivity index (χ3v) is 6.40. The topological polar surface area (TPSA) is 88.5 Å².